The minimum Gasteiger partial charge on any atom is -0.192 e. The van der Waals surface area contributed by atoms with Crippen LogP contribution < -0.4 is 0 Å². The van der Waals surface area contributed by atoms with Crippen LogP contribution >= 0.6 is 22.9 Å². The molecule has 0 spiro atoms. The molecular weight excluding hydrogens is 190 g/mol. The highest BCUT2D eigenvalue weighted by molar-refractivity contribution is 7.17. The molecule has 0 amide bonds. The Morgan fingerprint density at radius 2 is 2.25 bits per heavy atom. The minimum atomic E-state index is 0.617. The van der Waals surface area contributed by atoms with E-state index in [9.17, 15) is 0 Å². The van der Waals surface area contributed by atoms with Crippen LogP contribution in [0.25, 0.3) is 10.1 Å². The molecule has 1 aromatic heterocycles. The molecule has 0 fully saturated rings. The lowest BCUT2D eigenvalue weighted by Crippen LogP contribution is -1.73. The monoisotopic (exact) mass is 193 g/mol. The van der Waals surface area contributed by atoms with Gasteiger partial charge in [-0.1, -0.05) is 11.6 Å². The van der Waals surface area contributed by atoms with Crippen molar-refractivity contribution in [3.63, 3.8) is 0 Å². The second-order valence-corrected chi connectivity index (χ2v) is 3.73. The summed E-state index contributed by atoms with van der Waals surface area (Å²) in [7, 11) is 0. The Balaban J connectivity index is 2.86. The van der Waals surface area contributed by atoms with Crippen molar-refractivity contribution in [2.75, 3.05) is 0 Å². The van der Waals surface area contributed by atoms with Gasteiger partial charge in [-0.15, -0.1) is 11.3 Å². The molecule has 0 atom stereocenters. The van der Waals surface area contributed by atoms with Gasteiger partial charge >= 0.3 is 0 Å². The Morgan fingerprint density at radius 1 is 1.42 bits per heavy atom. The molecule has 0 saturated carbocycles. The van der Waals surface area contributed by atoms with Gasteiger partial charge in [-0.3, -0.25) is 0 Å². The highest BCUT2D eigenvalue weighted by Gasteiger charge is 2.02. The van der Waals surface area contributed by atoms with Crippen LogP contribution in [0.15, 0.2) is 23.6 Å². The molecule has 0 N–H and O–H groups in total. The van der Waals surface area contributed by atoms with Crippen molar-refractivity contribution in [3.8, 4) is 6.07 Å². The number of rotatable bonds is 0. The Morgan fingerprint density at radius 3 is 3.00 bits per heavy atom. The maximum absolute atomic E-state index is 8.65. The summed E-state index contributed by atoms with van der Waals surface area (Å²) in [6, 6.07) is 7.57. The Hall–Kier alpha value is -1.04. The average Bonchev–Trinajstić information content (AvgIpc) is 2.52. The van der Waals surface area contributed by atoms with E-state index < -0.39 is 0 Å². The fourth-order valence-corrected chi connectivity index (χ4v) is 2.25. The van der Waals surface area contributed by atoms with Gasteiger partial charge in [0.25, 0.3) is 0 Å². The zero-order chi connectivity index (χ0) is 8.55. The molecule has 58 valence electrons. The summed E-state index contributed by atoms with van der Waals surface area (Å²) in [5.74, 6) is 0. The van der Waals surface area contributed by atoms with E-state index in [1.165, 1.54) is 0 Å². The molecule has 0 aliphatic heterocycles. The van der Waals surface area contributed by atoms with E-state index in [-0.39, 0.29) is 0 Å². The molecule has 0 unspecified atom stereocenters. The molecule has 1 aromatic carbocycles. The first kappa shape index (κ1) is 7.60. The Bertz CT molecular complexity index is 467. The van der Waals surface area contributed by atoms with Gasteiger partial charge < -0.3 is 0 Å². The van der Waals surface area contributed by atoms with Crippen LogP contribution in [-0.2, 0) is 0 Å². The molecule has 0 aliphatic rings. The van der Waals surface area contributed by atoms with Gasteiger partial charge in [0.05, 0.1) is 21.4 Å². The molecule has 2 aromatic rings. The molecular formula is C9H4ClNS. The smallest absolute Gasteiger partial charge is 0.0992 e. The number of hydrogen-bond acceptors (Lipinski definition) is 2. The average molecular weight is 194 g/mol. The van der Waals surface area contributed by atoms with Crippen LogP contribution in [0.4, 0.5) is 0 Å². The summed E-state index contributed by atoms with van der Waals surface area (Å²) in [5.41, 5.74) is 0.617. The molecule has 3 heteroatoms. The quantitative estimate of drug-likeness (QED) is 0.629. The lowest BCUT2D eigenvalue weighted by Gasteiger charge is -1.93. The van der Waals surface area contributed by atoms with Crippen molar-refractivity contribution in [3.05, 3.63) is 34.2 Å². The summed E-state index contributed by atoms with van der Waals surface area (Å²) >= 11 is 7.53. The summed E-state index contributed by atoms with van der Waals surface area (Å²) in [5, 5.41) is 12.3. The van der Waals surface area contributed by atoms with Crippen LogP contribution in [-0.4, -0.2) is 0 Å². The summed E-state index contributed by atoms with van der Waals surface area (Å²) in [6.07, 6.45) is 0. The molecule has 0 aliphatic carbocycles. The molecule has 1 heterocycles. The van der Waals surface area contributed by atoms with Crippen LogP contribution in [0, 0.1) is 11.3 Å². The van der Waals surface area contributed by atoms with Gasteiger partial charge in [0.15, 0.2) is 0 Å². The van der Waals surface area contributed by atoms with Crippen molar-refractivity contribution in [2.24, 2.45) is 0 Å². The third kappa shape index (κ3) is 1.08. The van der Waals surface area contributed by atoms with E-state index >= 15 is 0 Å². The van der Waals surface area contributed by atoms with E-state index in [0.717, 1.165) is 10.1 Å². The highest BCUT2D eigenvalue weighted by atomic mass is 35.5. The zero-order valence-corrected chi connectivity index (χ0v) is 7.62. The minimum absolute atomic E-state index is 0.617. The number of halogens is 1. The number of thiophene rings is 1. The molecule has 0 saturated heterocycles. The standard InChI is InChI=1S/C9H4ClNS/c10-8-4-6(5-11)3-7-1-2-12-9(7)8/h1-4H. The first-order chi connectivity index (χ1) is 5.81. The van der Waals surface area contributed by atoms with Gasteiger partial charge in [0.2, 0.25) is 0 Å². The van der Waals surface area contributed by atoms with Gasteiger partial charge in [0.1, 0.15) is 0 Å². The largest absolute Gasteiger partial charge is 0.192 e. The second-order valence-electron chi connectivity index (χ2n) is 2.41. The van der Waals surface area contributed by atoms with Crippen molar-refractivity contribution < 1.29 is 0 Å². The van der Waals surface area contributed by atoms with Crippen LogP contribution in [0.3, 0.4) is 0 Å². The first-order valence-corrected chi connectivity index (χ1v) is 4.64. The van der Waals surface area contributed by atoms with E-state index in [1.54, 1.807) is 17.4 Å². The van der Waals surface area contributed by atoms with Gasteiger partial charge in [-0.05, 0) is 29.0 Å². The van der Waals surface area contributed by atoms with E-state index in [2.05, 4.69) is 6.07 Å². The number of hydrogen-bond donors (Lipinski definition) is 0. The molecule has 12 heavy (non-hydrogen) atoms. The Kier molecular flexibility index (Phi) is 1.76. The molecule has 0 bridgehead atoms. The highest BCUT2D eigenvalue weighted by Crippen LogP contribution is 2.29. The van der Waals surface area contributed by atoms with E-state index in [0.29, 0.717) is 10.6 Å². The Labute approximate surface area is 78.8 Å². The van der Waals surface area contributed by atoms with Gasteiger partial charge in [-0.25, -0.2) is 0 Å². The van der Waals surface area contributed by atoms with Crippen molar-refractivity contribution in [2.45, 2.75) is 0 Å². The molecule has 2 rings (SSSR count). The lowest BCUT2D eigenvalue weighted by molar-refractivity contribution is 1.50. The normalized spacial score (nSPS) is 10.0. The van der Waals surface area contributed by atoms with Crippen molar-refractivity contribution in [1.29, 1.82) is 5.26 Å². The number of fused-ring (bicyclic) bond motifs is 1. The first-order valence-electron chi connectivity index (χ1n) is 3.38. The predicted molar refractivity (Wildman–Crippen MR) is 51.6 cm³/mol. The topological polar surface area (TPSA) is 23.8 Å². The van der Waals surface area contributed by atoms with Crippen LogP contribution in [0.1, 0.15) is 5.56 Å². The third-order valence-electron chi connectivity index (χ3n) is 1.63. The summed E-state index contributed by atoms with van der Waals surface area (Å²) in [6.45, 7) is 0. The lowest BCUT2D eigenvalue weighted by atomic mass is 10.2. The number of benzene rings is 1. The fraction of sp³-hybridized carbons (Fsp3) is 0. The summed E-state index contributed by atoms with van der Waals surface area (Å²) in [4.78, 5) is 0. The summed E-state index contributed by atoms with van der Waals surface area (Å²) < 4.78 is 1.05. The SMILES string of the molecule is N#Cc1cc(Cl)c2sccc2c1. The second kappa shape index (κ2) is 2.78. The maximum atomic E-state index is 8.65. The van der Waals surface area contributed by atoms with Crippen molar-refractivity contribution >= 4 is 33.0 Å². The molecule has 0 radical (unpaired) electrons. The van der Waals surface area contributed by atoms with Crippen LogP contribution in [0.2, 0.25) is 5.02 Å². The maximum Gasteiger partial charge on any atom is 0.0992 e. The number of nitrogens with zero attached hydrogens (tertiary/aromatic N) is 1. The van der Waals surface area contributed by atoms with E-state index in [4.69, 9.17) is 16.9 Å². The van der Waals surface area contributed by atoms with Crippen LogP contribution in [0.5, 0.6) is 0 Å². The van der Waals surface area contributed by atoms with Gasteiger partial charge in [-0.2, -0.15) is 5.26 Å². The molecule has 1 nitrogen and oxygen atoms in total. The van der Waals surface area contributed by atoms with Gasteiger partial charge in [0, 0.05) is 0 Å². The van der Waals surface area contributed by atoms with E-state index in [1.807, 2.05) is 17.5 Å². The fourth-order valence-electron chi connectivity index (χ4n) is 1.10. The predicted octanol–water partition coefficient (Wildman–Crippen LogP) is 3.43. The zero-order valence-electron chi connectivity index (χ0n) is 6.04. The number of nitriles is 1. The third-order valence-corrected chi connectivity index (χ3v) is 3.01. The van der Waals surface area contributed by atoms with Crippen molar-refractivity contribution in [1.82, 2.24) is 0 Å².